The van der Waals surface area contributed by atoms with Crippen LogP contribution in [0.1, 0.15) is 35.3 Å². The number of nitrogens with zero attached hydrogens (tertiary/aromatic N) is 3. The van der Waals surface area contributed by atoms with Crippen molar-refractivity contribution in [3.63, 3.8) is 0 Å². The summed E-state index contributed by atoms with van der Waals surface area (Å²) < 4.78 is 40.9. The Kier molecular flexibility index (Phi) is 6.48. The van der Waals surface area contributed by atoms with Crippen LogP contribution in [-0.2, 0) is 0 Å². The Bertz CT molecular complexity index is 1110. The third kappa shape index (κ3) is 5.79. The number of carbonyl (C=O) groups is 1. The maximum Gasteiger partial charge on any atom is 0.573 e. The number of benzene rings is 1. The number of aromatic nitrogens is 2. The molecule has 1 saturated heterocycles. The number of amides is 1. The minimum Gasteiger partial charge on any atom is -0.406 e. The summed E-state index contributed by atoms with van der Waals surface area (Å²) >= 11 is 0. The molecule has 0 unspecified atom stereocenters. The van der Waals surface area contributed by atoms with E-state index in [1.165, 1.54) is 24.8 Å². The van der Waals surface area contributed by atoms with Gasteiger partial charge < -0.3 is 15.0 Å². The molecule has 1 aromatic carbocycles. The predicted octanol–water partition coefficient (Wildman–Crippen LogP) is 5.59. The van der Waals surface area contributed by atoms with Gasteiger partial charge in [0.25, 0.3) is 5.91 Å². The van der Waals surface area contributed by atoms with E-state index in [9.17, 15) is 18.0 Å². The molecule has 1 aliphatic heterocycles. The zero-order chi connectivity index (χ0) is 23.4. The molecule has 1 N–H and O–H groups in total. The molecule has 0 bridgehead atoms. The molecule has 0 radical (unpaired) electrons. The molecular formula is C24H23F3N4O2. The van der Waals surface area contributed by atoms with E-state index in [2.05, 4.69) is 24.9 Å². The van der Waals surface area contributed by atoms with E-state index < -0.39 is 12.3 Å². The quantitative estimate of drug-likeness (QED) is 0.542. The number of halogens is 3. The monoisotopic (exact) mass is 456 g/mol. The fourth-order valence-corrected chi connectivity index (χ4v) is 3.72. The van der Waals surface area contributed by atoms with E-state index in [0.29, 0.717) is 11.3 Å². The van der Waals surface area contributed by atoms with E-state index in [1.54, 1.807) is 12.3 Å². The maximum absolute atomic E-state index is 12.9. The van der Waals surface area contributed by atoms with Gasteiger partial charge in [0.15, 0.2) is 0 Å². The van der Waals surface area contributed by atoms with Crippen LogP contribution in [0, 0.1) is 6.92 Å². The summed E-state index contributed by atoms with van der Waals surface area (Å²) in [7, 11) is 0. The van der Waals surface area contributed by atoms with Crippen molar-refractivity contribution in [3.8, 4) is 16.9 Å². The van der Waals surface area contributed by atoms with Gasteiger partial charge in [-0.15, -0.1) is 13.2 Å². The lowest BCUT2D eigenvalue weighted by atomic mass is 10.0. The Morgan fingerprint density at radius 3 is 2.36 bits per heavy atom. The number of alkyl halides is 3. The Morgan fingerprint density at radius 1 is 1.00 bits per heavy atom. The van der Waals surface area contributed by atoms with Crippen LogP contribution in [0.15, 0.2) is 54.9 Å². The molecule has 6 nitrogen and oxygen atoms in total. The summed E-state index contributed by atoms with van der Waals surface area (Å²) in [4.78, 5) is 24.1. The van der Waals surface area contributed by atoms with Gasteiger partial charge in [0.2, 0.25) is 0 Å². The number of ether oxygens (including phenoxy) is 1. The number of aryl methyl sites for hydroxylation is 1. The van der Waals surface area contributed by atoms with Crippen LogP contribution < -0.4 is 15.0 Å². The number of piperidine rings is 1. The number of hydrogen-bond donors (Lipinski definition) is 1. The highest BCUT2D eigenvalue weighted by molar-refractivity contribution is 6.05. The number of hydrogen-bond acceptors (Lipinski definition) is 5. The normalized spacial score (nSPS) is 14.1. The molecule has 172 valence electrons. The van der Waals surface area contributed by atoms with E-state index >= 15 is 0 Å². The Balaban J connectivity index is 1.59. The molecule has 0 spiro atoms. The Labute approximate surface area is 189 Å². The van der Waals surface area contributed by atoms with Gasteiger partial charge in [-0.1, -0.05) is 6.07 Å². The first-order chi connectivity index (χ1) is 15.8. The Morgan fingerprint density at radius 2 is 1.73 bits per heavy atom. The molecule has 0 saturated carbocycles. The summed E-state index contributed by atoms with van der Waals surface area (Å²) in [6.45, 7) is 3.71. The summed E-state index contributed by atoms with van der Waals surface area (Å²) in [5, 5.41) is 2.69. The van der Waals surface area contributed by atoms with Gasteiger partial charge in [-0.25, -0.2) is 4.98 Å². The molecular weight excluding hydrogens is 433 g/mol. The van der Waals surface area contributed by atoms with Crippen molar-refractivity contribution < 1.29 is 22.7 Å². The lowest BCUT2D eigenvalue weighted by Crippen LogP contribution is -2.30. The third-order valence-corrected chi connectivity index (χ3v) is 5.35. The second kappa shape index (κ2) is 9.48. The third-order valence-electron chi connectivity index (χ3n) is 5.35. The zero-order valence-corrected chi connectivity index (χ0v) is 18.0. The van der Waals surface area contributed by atoms with E-state index in [-0.39, 0.29) is 5.75 Å². The number of rotatable bonds is 5. The van der Waals surface area contributed by atoms with E-state index in [1.807, 2.05) is 19.1 Å². The topological polar surface area (TPSA) is 67.3 Å². The minimum absolute atomic E-state index is 0.335. The average Bonchev–Trinajstić information content (AvgIpc) is 2.80. The van der Waals surface area contributed by atoms with E-state index in [0.717, 1.165) is 60.7 Å². The van der Waals surface area contributed by atoms with Crippen LogP contribution >= 0.6 is 0 Å². The van der Waals surface area contributed by atoms with Crippen molar-refractivity contribution in [1.82, 2.24) is 9.97 Å². The van der Waals surface area contributed by atoms with Crippen molar-refractivity contribution in [2.75, 3.05) is 23.3 Å². The molecule has 9 heteroatoms. The minimum atomic E-state index is -4.77. The first-order valence-corrected chi connectivity index (χ1v) is 10.6. The SMILES string of the molecule is Cc1ccc(-c2cc(C(=O)Nc3ccc(OC(F)(F)F)cc3)cnc2N2CCCCC2)cn1. The number of nitrogens with one attached hydrogen (secondary N) is 1. The molecule has 1 aliphatic rings. The van der Waals surface area contributed by atoms with Crippen molar-refractivity contribution in [3.05, 3.63) is 66.1 Å². The van der Waals surface area contributed by atoms with Gasteiger partial charge in [-0.2, -0.15) is 0 Å². The van der Waals surface area contributed by atoms with Crippen LogP contribution in [0.2, 0.25) is 0 Å². The van der Waals surface area contributed by atoms with Crippen molar-refractivity contribution >= 4 is 17.4 Å². The smallest absolute Gasteiger partial charge is 0.406 e. The van der Waals surface area contributed by atoms with Gasteiger partial charge >= 0.3 is 6.36 Å². The fourth-order valence-electron chi connectivity index (χ4n) is 3.72. The van der Waals surface area contributed by atoms with Gasteiger partial charge in [0.1, 0.15) is 11.6 Å². The van der Waals surface area contributed by atoms with Gasteiger partial charge in [-0.05, 0) is 62.6 Å². The standard InChI is InChI=1S/C24H23F3N4O2/c1-16-5-6-17(14-28-16)21-13-18(15-29-22(21)31-11-3-2-4-12-31)23(32)30-19-7-9-20(10-8-19)33-24(25,26)27/h5-10,13-15H,2-4,11-12H2,1H3,(H,30,32). The zero-order valence-electron chi connectivity index (χ0n) is 18.0. The van der Waals surface area contributed by atoms with E-state index in [4.69, 9.17) is 0 Å². The summed E-state index contributed by atoms with van der Waals surface area (Å²) in [5.74, 6) is 0.0336. The van der Waals surface area contributed by atoms with Gasteiger partial charge in [0, 0.05) is 48.0 Å². The first-order valence-electron chi connectivity index (χ1n) is 10.6. The summed E-state index contributed by atoms with van der Waals surface area (Å²) in [6, 6.07) is 10.6. The van der Waals surface area contributed by atoms with Gasteiger partial charge in [0.05, 0.1) is 5.56 Å². The fraction of sp³-hybridized carbons (Fsp3) is 0.292. The molecule has 1 fully saturated rings. The van der Waals surface area contributed by atoms with Crippen molar-refractivity contribution in [2.24, 2.45) is 0 Å². The number of carbonyl (C=O) groups excluding carboxylic acids is 1. The Hall–Kier alpha value is -3.62. The number of pyridine rings is 2. The largest absolute Gasteiger partial charge is 0.573 e. The second-order valence-corrected chi connectivity index (χ2v) is 7.86. The lowest BCUT2D eigenvalue weighted by Gasteiger charge is -2.29. The highest BCUT2D eigenvalue weighted by Gasteiger charge is 2.31. The van der Waals surface area contributed by atoms with Crippen LogP contribution in [0.5, 0.6) is 5.75 Å². The van der Waals surface area contributed by atoms with Crippen molar-refractivity contribution in [1.29, 1.82) is 0 Å². The maximum atomic E-state index is 12.9. The predicted molar refractivity (Wildman–Crippen MR) is 119 cm³/mol. The van der Waals surface area contributed by atoms with Gasteiger partial charge in [-0.3, -0.25) is 9.78 Å². The summed E-state index contributed by atoms with van der Waals surface area (Å²) in [5.41, 5.74) is 3.23. The second-order valence-electron chi connectivity index (χ2n) is 7.86. The molecule has 0 atom stereocenters. The molecule has 33 heavy (non-hydrogen) atoms. The van der Waals surface area contributed by atoms with Crippen LogP contribution in [-0.4, -0.2) is 35.3 Å². The van der Waals surface area contributed by atoms with Crippen LogP contribution in [0.25, 0.3) is 11.1 Å². The average molecular weight is 456 g/mol. The molecule has 4 rings (SSSR count). The first kappa shape index (κ1) is 22.6. The highest BCUT2D eigenvalue weighted by Crippen LogP contribution is 2.32. The molecule has 3 aromatic rings. The van der Waals surface area contributed by atoms with Crippen molar-refractivity contribution in [2.45, 2.75) is 32.5 Å². The highest BCUT2D eigenvalue weighted by atomic mass is 19.4. The molecule has 0 aliphatic carbocycles. The lowest BCUT2D eigenvalue weighted by molar-refractivity contribution is -0.274. The molecule has 3 heterocycles. The number of anilines is 2. The van der Waals surface area contributed by atoms with Crippen LogP contribution in [0.3, 0.4) is 0 Å². The molecule has 2 aromatic heterocycles. The summed E-state index contributed by atoms with van der Waals surface area (Å²) in [6.07, 6.45) is 1.87. The molecule has 1 amide bonds. The van der Waals surface area contributed by atoms with Crippen LogP contribution in [0.4, 0.5) is 24.7 Å².